The molecule has 1 unspecified atom stereocenters. The van der Waals surface area contributed by atoms with Crippen LogP contribution in [0.2, 0.25) is 0 Å². The predicted octanol–water partition coefficient (Wildman–Crippen LogP) is 1.34. The van der Waals surface area contributed by atoms with Gasteiger partial charge < -0.3 is 20.3 Å². The summed E-state index contributed by atoms with van der Waals surface area (Å²) in [4.78, 5) is 23.0. The number of carboxylic acids is 1. The molecule has 0 aliphatic carbocycles. The third kappa shape index (κ3) is 4.34. The van der Waals surface area contributed by atoms with Crippen molar-refractivity contribution >= 4 is 23.6 Å². The molecule has 1 atom stereocenters. The Balaban J connectivity index is 2.78. The molecule has 7 heteroatoms. The first-order valence-electron chi connectivity index (χ1n) is 5.89. The fourth-order valence-corrected chi connectivity index (χ4v) is 2.04. The van der Waals surface area contributed by atoms with Crippen LogP contribution in [-0.2, 0) is 4.79 Å². The Morgan fingerprint density at radius 2 is 2.15 bits per heavy atom. The maximum Gasteiger partial charge on any atom is 0.326 e. The number of phenolic OH excluding ortho intramolecular Hbond substituents is 1. The molecule has 0 fully saturated rings. The second-order valence-electron chi connectivity index (χ2n) is 4.03. The van der Waals surface area contributed by atoms with Crippen molar-refractivity contribution in [2.75, 3.05) is 19.1 Å². The van der Waals surface area contributed by atoms with Crippen LogP contribution in [0.5, 0.6) is 11.5 Å². The van der Waals surface area contributed by atoms with Crippen LogP contribution < -0.4 is 10.1 Å². The highest BCUT2D eigenvalue weighted by Gasteiger charge is 2.20. The molecular weight excluding hydrogens is 282 g/mol. The van der Waals surface area contributed by atoms with Crippen molar-refractivity contribution in [2.24, 2.45) is 0 Å². The normalized spacial score (nSPS) is 11.7. The van der Waals surface area contributed by atoms with Crippen LogP contribution in [0, 0.1) is 0 Å². The Labute approximate surface area is 121 Å². The number of nitrogens with one attached hydrogen (secondary N) is 1. The third-order valence-electron chi connectivity index (χ3n) is 2.66. The van der Waals surface area contributed by atoms with Crippen molar-refractivity contribution in [1.82, 2.24) is 5.32 Å². The van der Waals surface area contributed by atoms with Gasteiger partial charge in [-0.05, 0) is 36.6 Å². The van der Waals surface area contributed by atoms with E-state index in [1.165, 1.54) is 37.1 Å². The molecule has 0 radical (unpaired) electrons. The maximum absolute atomic E-state index is 11.9. The standard InChI is InChI=1S/C13H17NO5S/c1-19-11-4-3-8(7-10(11)15)12(16)14-9(13(17)18)5-6-20-2/h3-4,7,9,15H,5-6H2,1-2H3,(H,14,16)(H,17,18). The number of carbonyl (C=O) groups excluding carboxylic acids is 1. The van der Waals surface area contributed by atoms with Gasteiger partial charge in [0.2, 0.25) is 0 Å². The number of aromatic hydroxyl groups is 1. The quantitative estimate of drug-likeness (QED) is 0.703. The zero-order chi connectivity index (χ0) is 15.1. The Hall–Kier alpha value is -1.89. The van der Waals surface area contributed by atoms with Crippen LogP contribution in [0.1, 0.15) is 16.8 Å². The molecule has 0 saturated carbocycles. The molecule has 0 bridgehead atoms. The van der Waals surface area contributed by atoms with Crippen LogP contribution in [0.15, 0.2) is 18.2 Å². The van der Waals surface area contributed by atoms with Crippen molar-refractivity contribution in [3.63, 3.8) is 0 Å². The molecule has 6 nitrogen and oxygen atoms in total. The minimum absolute atomic E-state index is 0.170. The lowest BCUT2D eigenvalue weighted by molar-refractivity contribution is -0.139. The monoisotopic (exact) mass is 299 g/mol. The van der Waals surface area contributed by atoms with Gasteiger partial charge >= 0.3 is 5.97 Å². The minimum atomic E-state index is -1.08. The highest BCUT2D eigenvalue weighted by molar-refractivity contribution is 7.98. The van der Waals surface area contributed by atoms with Crippen LogP contribution in [0.4, 0.5) is 0 Å². The Bertz CT molecular complexity index is 492. The molecule has 110 valence electrons. The van der Waals surface area contributed by atoms with E-state index in [0.717, 1.165) is 0 Å². The number of benzene rings is 1. The molecule has 0 aliphatic heterocycles. The van der Waals surface area contributed by atoms with E-state index in [4.69, 9.17) is 9.84 Å². The number of ether oxygens (including phenoxy) is 1. The molecule has 1 amide bonds. The van der Waals surface area contributed by atoms with Gasteiger partial charge in [-0.25, -0.2) is 4.79 Å². The first-order valence-corrected chi connectivity index (χ1v) is 7.28. The number of hydrogen-bond acceptors (Lipinski definition) is 5. The predicted molar refractivity (Wildman–Crippen MR) is 76.5 cm³/mol. The summed E-state index contributed by atoms with van der Waals surface area (Å²) in [5.74, 6) is -0.915. The molecule has 3 N–H and O–H groups in total. The van der Waals surface area contributed by atoms with Gasteiger partial charge in [-0.2, -0.15) is 11.8 Å². The topological polar surface area (TPSA) is 95.9 Å². The average Bonchev–Trinajstić information content (AvgIpc) is 2.42. The summed E-state index contributed by atoms with van der Waals surface area (Å²) in [6, 6.07) is 3.20. The van der Waals surface area contributed by atoms with Crippen molar-refractivity contribution in [2.45, 2.75) is 12.5 Å². The average molecular weight is 299 g/mol. The molecule has 1 aromatic rings. The van der Waals surface area contributed by atoms with E-state index in [1.807, 2.05) is 6.26 Å². The van der Waals surface area contributed by atoms with Crippen molar-refractivity contribution in [3.8, 4) is 11.5 Å². The molecular formula is C13H17NO5S. The molecule has 0 spiro atoms. The number of hydrogen-bond donors (Lipinski definition) is 3. The number of amides is 1. The van der Waals surface area contributed by atoms with Crippen LogP contribution in [-0.4, -0.2) is 47.2 Å². The number of thioether (sulfide) groups is 1. The second kappa shape index (κ2) is 7.64. The summed E-state index contributed by atoms with van der Waals surface area (Å²) < 4.78 is 4.87. The van der Waals surface area contributed by atoms with Gasteiger partial charge in [0.15, 0.2) is 11.5 Å². The van der Waals surface area contributed by atoms with Gasteiger partial charge in [0.1, 0.15) is 6.04 Å². The van der Waals surface area contributed by atoms with E-state index in [0.29, 0.717) is 12.2 Å². The Kier molecular flexibility index (Phi) is 6.17. The van der Waals surface area contributed by atoms with Crippen LogP contribution in [0.25, 0.3) is 0 Å². The molecule has 0 saturated heterocycles. The second-order valence-corrected chi connectivity index (χ2v) is 5.02. The van der Waals surface area contributed by atoms with Gasteiger partial charge in [0, 0.05) is 5.56 Å². The summed E-state index contributed by atoms with van der Waals surface area (Å²) in [6.45, 7) is 0. The number of aliphatic carboxylic acids is 1. The Morgan fingerprint density at radius 1 is 1.45 bits per heavy atom. The first-order chi connectivity index (χ1) is 9.49. The van der Waals surface area contributed by atoms with Gasteiger partial charge in [0.05, 0.1) is 7.11 Å². The Morgan fingerprint density at radius 3 is 2.65 bits per heavy atom. The lowest BCUT2D eigenvalue weighted by atomic mass is 10.1. The molecule has 0 aromatic heterocycles. The lowest BCUT2D eigenvalue weighted by Crippen LogP contribution is -2.41. The van der Waals surface area contributed by atoms with E-state index < -0.39 is 17.9 Å². The molecule has 0 aliphatic rings. The minimum Gasteiger partial charge on any atom is -0.504 e. The number of carboxylic acid groups (broad SMARTS) is 1. The number of carbonyl (C=O) groups is 2. The largest absolute Gasteiger partial charge is 0.504 e. The van der Waals surface area contributed by atoms with Crippen LogP contribution in [0.3, 0.4) is 0 Å². The summed E-state index contributed by atoms with van der Waals surface area (Å²) in [5.41, 5.74) is 0.179. The van der Waals surface area contributed by atoms with Crippen molar-refractivity contribution in [3.05, 3.63) is 23.8 Å². The van der Waals surface area contributed by atoms with E-state index in [-0.39, 0.29) is 17.1 Å². The van der Waals surface area contributed by atoms with E-state index in [2.05, 4.69) is 5.32 Å². The van der Waals surface area contributed by atoms with Gasteiger partial charge in [-0.3, -0.25) is 4.79 Å². The fourth-order valence-electron chi connectivity index (χ4n) is 1.57. The molecule has 0 heterocycles. The van der Waals surface area contributed by atoms with Crippen LogP contribution >= 0.6 is 11.8 Å². The fraction of sp³-hybridized carbons (Fsp3) is 0.385. The zero-order valence-electron chi connectivity index (χ0n) is 11.3. The molecule has 20 heavy (non-hydrogen) atoms. The lowest BCUT2D eigenvalue weighted by Gasteiger charge is -2.14. The van der Waals surface area contributed by atoms with Crippen molar-refractivity contribution in [1.29, 1.82) is 0 Å². The maximum atomic E-state index is 11.9. The van der Waals surface area contributed by atoms with Crippen molar-refractivity contribution < 1.29 is 24.5 Å². The SMILES string of the molecule is COc1ccc(C(=O)NC(CCSC)C(=O)O)cc1O. The van der Waals surface area contributed by atoms with Gasteiger partial charge in [-0.15, -0.1) is 0 Å². The number of phenols is 1. The number of rotatable bonds is 7. The summed E-state index contributed by atoms with van der Waals surface area (Å²) in [7, 11) is 1.40. The highest BCUT2D eigenvalue weighted by Crippen LogP contribution is 2.26. The van der Waals surface area contributed by atoms with Gasteiger partial charge in [-0.1, -0.05) is 0 Å². The number of methoxy groups -OCH3 is 1. The zero-order valence-corrected chi connectivity index (χ0v) is 12.1. The van der Waals surface area contributed by atoms with Gasteiger partial charge in [0.25, 0.3) is 5.91 Å². The molecule has 1 aromatic carbocycles. The van der Waals surface area contributed by atoms with E-state index in [1.54, 1.807) is 0 Å². The smallest absolute Gasteiger partial charge is 0.326 e. The summed E-state index contributed by atoms with van der Waals surface area (Å²) in [6.07, 6.45) is 2.20. The highest BCUT2D eigenvalue weighted by atomic mass is 32.2. The van der Waals surface area contributed by atoms with E-state index in [9.17, 15) is 14.7 Å². The first kappa shape index (κ1) is 16.2. The molecule has 1 rings (SSSR count). The summed E-state index contributed by atoms with van der Waals surface area (Å²) in [5, 5.41) is 21.1. The van der Waals surface area contributed by atoms with E-state index >= 15 is 0 Å². The summed E-state index contributed by atoms with van der Waals surface area (Å²) >= 11 is 1.51. The third-order valence-corrected chi connectivity index (χ3v) is 3.30.